The normalized spacial score (nSPS) is 10.4. The van der Waals surface area contributed by atoms with Crippen LogP contribution < -0.4 is 4.74 Å². The van der Waals surface area contributed by atoms with Crippen molar-refractivity contribution in [1.82, 2.24) is 0 Å². The number of benzene rings is 1. The molecule has 0 saturated heterocycles. The van der Waals surface area contributed by atoms with Gasteiger partial charge in [-0.2, -0.15) is 8.78 Å². The van der Waals surface area contributed by atoms with E-state index in [0.29, 0.717) is 0 Å². The van der Waals surface area contributed by atoms with Gasteiger partial charge in [-0.05, 0) is 23.7 Å². The Hall–Kier alpha value is -1.23. The molecule has 0 amide bonds. The van der Waals surface area contributed by atoms with E-state index in [9.17, 15) is 18.0 Å². The van der Waals surface area contributed by atoms with Gasteiger partial charge in [0.05, 0.1) is 5.56 Å². The van der Waals surface area contributed by atoms with Crippen LogP contribution in [0.2, 0.25) is 0 Å². The second kappa shape index (κ2) is 4.32. The molecule has 14 heavy (non-hydrogen) atoms. The second-order valence-corrected chi connectivity index (χ2v) is 2.61. The number of rotatable bonds is 3. The van der Waals surface area contributed by atoms with Crippen LogP contribution in [0.1, 0.15) is 10.4 Å². The molecule has 0 spiro atoms. The van der Waals surface area contributed by atoms with Crippen molar-refractivity contribution in [2.75, 3.05) is 0 Å². The number of carbonyl (C=O) groups excluding carboxylic acids is 1. The Morgan fingerprint density at radius 1 is 1.43 bits per heavy atom. The Kier molecular flexibility index (Phi) is 3.35. The summed E-state index contributed by atoms with van der Waals surface area (Å²) in [6.07, 6.45) is 0. The highest BCUT2D eigenvalue weighted by Crippen LogP contribution is 2.25. The molecule has 0 aliphatic carbocycles. The first-order chi connectivity index (χ1) is 6.52. The quantitative estimate of drug-likeness (QED) is 0.738. The topological polar surface area (TPSA) is 26.3 Å². The van der Waals surface area contributed by atoms with Crippen LogP contribution in [0.4, 0.5) is 13.2 Å². The summed E-state index contributed by atoms with van der Waals surface area (Å²) >= 11 is 5.03. The molecule has 76 valence electrons. The van der Waals surface area contributed by atoms with Gasteiger partial charge in [0.25, 0.3) is 5.24 Å². The van der Waals surface area contributed by atoms with Gasteiger partial charge >= 0.3 is 6.61 Å². The van der Waals surface area contributed by atoms with E-state index in [1.807, 2.05) is 0 Å². The standard InChI is InChI=1S/C8H4ClF3O2/c9-7(13)4-2-1-3-5(10)6(4)14-8(11)12/h1-3,8H. The third-order valence-electron chi connectivity index (χ3n) is 1.39. The highest BCUT2D eigenvalue weighted by Gasteiger charge is 2.18. The minimum absolute atomic E-state index is 0.424. The Bertz CT molecular complexity index is 354. The molecule has 0 atom stereocenters. The molecule has 0 radical (unpaired) electrons. The molecule has 0 unspecified atom stereocenters. The summed E-state index contributed by atoms with van der Waals surface area (Å²) in [6.45, 7) is -3.21. The van der Waals surface area contributed by atoms with E-state index in [1.54, 1.807) is 0 Å². The first kappa shape index (κ1) is 10.8. The minimum atomic E-state index is -3.21. The molecule has 0 saturated carbocycles. The molecule has 0 fully saturated rings. The van der Waals surface area contributed by atoms with Gasteiger partial charge in [-0.1, -0.05) is 6.07 Å². The molecule has 2 nitrogen and oxygen atoms in total. The Morgan fingerprint density at radius 2 is 2.07 bits per heavy atom. The number of hydrogen-bond donors (Lipinski definition) is 0. The van der Waals surface area contributed by atoms with E-state index in [0.717, 1.165) is 12.1 Å². The maximum absolute atomic E-state index is 12.9. The average molecular weight is 225 g/mol. The lowest BCUT2D eigenvalue weighted by molar-refractivity contribution is -0.0524. The smallest absolute Gasteiger partial charge is 0.387 e. The minimum Gasteiger partial charge on any atom is -0.431 e. The molecule has 0 bridgehead atoms. The first-order valence-corrected chi connectivity index (χ1v) is 3.83. The van der Waals surface area contributed by atoms with Crippen LogP contribution in [0, 0.1) is 5.82 Å². The number of alkyl halides is 2. The van der Waals surface area contributed by atoms with E-state index >= 15 is 0 Å². The average Bonchev–Trinajstić information content (AvgIpc) is 2.07. The van der Waals surface area contributed by atoms with Gasteiger partial charge in [0.1, 0.15) is 0 Å². The van der Waals surface area contributed by atoms with Crippen molar-refractivity contribution in [3.63, 3.8) is 0 Å². The van der Waals surface area contributed by atoms with Crippen LogP contribution in [0.15, 0.2) is 18.2 Å². The highest BCUT2D eigenvalue weighted by atomic mass is 35.5. The molecule has 0 aliphatic rings. The van der Waals surface area contributed by atoms with E-state index < -0.39 is 29.0 Å². The van der Waals surface area contributed by atoms with Crippen molar-refractivity contribution in [2.24, 2.45) is 0 Å². The number of carbonyl (C=O) groups is 1. The third-order valence-corrected chi connectivity index (χ3v) is 1.59. The van der Waals surface area contributed by atoms with Gasteiger partial charge in [0.15, 0.2) is 11.6 Å². The lowest BCUT2D eigenvalue weighted by Crippen LogP contribution is -2.07. The monoisotopic (exact) mass is 224 g/mol. The van der Waals surface area contributed by atoms with Crippen molar-refractivity contribution in [3.8, 4) is 5.75 Å². The fourth-order valence-electron chi connectivity index (χ4n) is 0.872. The Balaban J connectivity index is 3.15. The fraction of sp³-hybridized carbons (Fsp3) is 0.125. The van der Waals surface area contributed by atoms with Crippen LogP contribution in [0.5, 0.6) is 5.75 Å². The summed E-state index contributed by atoms with van der Waals surface area (Å²) in [5.41, 5.74) is -0.424. The highest BCUT2D eigenvalue weighted by molar-refractivity contribution is 6.68. The predicted octanol–water partition coefficient (Wildman–Crippen LogP) is 2.81. The fourth-order valence-corrected chi connectivity index (χ4v) is 1.02. The van der Waals surface area contributed by atoms with E-state index in [-0.39, 0.29) is 0 Å². The maximum atomic E-state index is 12.9. The molecule has 1 aromatic rings. The lowest BCUT2D eigenvalue weighted by Gasteiger charge is -2.08. The van der Waals surface area contributed by atoms with Gasteiger partial charge < -0.3 is 4.74 Å². The molecule has 0 aliphatic heterocycles. The van der Waals surface area contributed by atoms with Gasteiger partial charge in [-0.25, -0.2) is 4.39 Å². The van der Waals surface area contributed by atoms with Gasteiger partial charge in [0.2, 0.25) is 0 Å². The Labute approximate surface area is 82.2 Å². The van der Waals surface area contributed by atoms with Crippen molar-refractivity contribution < 1.29 is 22.7 Å². The van der Waals surface area contributed by atoms with E-state index in [1.165, 1.54) is 6.07 Å². The van der Waals surface area contributed by atoms with Crippen LogP contribution in [-0.4, -0.2) is 11.9 Å². The zero-order valence-electron chi connectivity index (χ0n) is 6.64. The molecule has 1 rings (SSSR count). The van der Waals surface area contributed by atoms with Crippen molar-refractivity contribution >= 4 is 16.8 Å². The molecule has 6 heteroatoms. The molecular weight excluding hydrogens is 221 g/mol. The van der Waals surface area contributed by atoms with Crippen molar-refractivity contribution in [1.29, 1.82) is 0 Å². The van der Waals surface area contributed by atoms with Crippen molar-refractivity contribution in [3.05, 3.63) is 29.6 Å². The maximum Gasteiger partial charge on any atom is 0.387 e. The first-order valence-electron chi connectivity index (χ1n) is 3.45. The van der Waals surface area contributed by atoms with Gasteiger partial charge in [0, 0.05) is 0 Å². The number of halogens is 4. The SMILES string of the molecule is O=C(Cl)c1cccc(F)c1OC(F)F. The van der Waals surface area contributed by atoms with E-state index in [4.69, 9.17) is 11.6 Å². The van der Waals surface area contributed by atoms with E-state index in [2.05, 4.69) is 4.74 Å². The Morgan fingerprint density at radius 3 is 2.57 bits per heavy atom. The van der Waals surface area contributed by atoms with Crippen LogP contribution in [0.3, 0.4) is 0 Å². The summed E-state index contributed by atoms with van der Waals surface area (Å²) in [5.74, 6) is -1.89. The number of ether oxygens (including phenoxy) is 1. The largest absolute Gasteiger partial charge is 0.431 e. The second-order valence-electron chi connectivity index (χ2n) is 2.27. The third kappa shape index (κ3) is 2.38. The van der Waals surface area contributed by atoms with Crippen molar-refractivity contribution in [2.45, 2.75) is 6.61 Å². The summed E-state index contributed by atoms with van der Waals surface area (Å²) in [4.78, 5) is 10.7. The summed E-state index contributed by atoms with van der Waals surface area (Å²) < 4.78 is 40.3. The summed E-state index contributed by atoms with van der Waals surface area (Å²) in [6, 6.07) is 3.15. The zero-order valence-corrected chi connectivity index (χ0v) is 7.39. The summed E-state index contributed by atoms with van der Waals surface area (Å²) in [5, 5.41) is -1.06. The van der Waals surface area contributed by atoms with Gasteiger partial charge in [-0.15, -0.1) is 0 Å². The van der Waals surface area contributed by atoms with Crippen LogP contribution in [0.25, 0.3) is 0 Å². The number of para-hydroxylation sites is 1. The molecule has 1 aromatic carbocycles. The van der Waals surface area contributed by atoms with Crippen LogP contribution >= 0.6 is 11.6 Å². The predicted molar refractivity (Wildman–Crippen MR) is 43.2 cm³/mol. The zero-order chi connectivity index (χ0) is 10.7. The molecular formula is C8H4ClF3O2. The lowest BCUT2D eigenvalue weighted by atomic mass is 10.2. The molecule has 0 N–H and O–H groups in total. The summed E-state index contributed by atoms with van der Waals surface area (Å²) in [7, 11) is 0. The molecule has 0 aromatic heterocycles. The number of hydrogen-bond acceptors (Lipinski definition) is 2. The van der Waals surface area contributed by atoms with Crippen LogP contribution in [-0.2, 0) is 0 Å². The van der Waals surface area contributed by atoms with Gasteiger partial charge in [-0.3, -0.25) is 4.79 Å². The molecule has 0 heterocycles.